The van der Waals surface area contributed by atoms with Crippen LogP contribution in [0.1, 0.15) is 56.4 Å². The summed E-state index contributed by atoms with van der Waals surface area (Å²) in [4.78, 5) is 11.3. The predicted molar refractivity (Wildman–Crippen MR) is 100 cm³/mol. The standard InChI is InChI=1S/C20H27N3/c1-14(2)18-8-7-9-19(15(3)4)20(18)22-13-16-12-17(23(5)6)10-11-21-16/h7-15H,1-6H3/b22-13+. The SMILES string of the molecule is CC(C)c1cccc(C(C)C)c1/N=C/c1cc(N(C)C)ccn1. The predicted octanol–water partition coefficient (Wildman–Crippen LogP) is 5.15. The molecule has 0 fully saturated rings. The Hall–Kier alpha value is -2.16. The molecule has 0 N–H and O–H groups in total. The first-order valence-electron chi connectivity index (χ1n) is 8.20. The van der Waals surface area contributed by atoms with Crippen molar-refractivity contribution in [2.75, 3.05) is 19.0 Å². The number of nitrogens with zero attached hydrogens (tertiary/aromatic N) is 3. The summed E-state index contributed by atoms with van der Waals surface area (Å²) < 4.78 is 0. The zero-order valence-electron chi connectivity index (χ0n) is 15.0. The van der Waals surface area contributed by atoms with Crippen molar-refractivity contribution in [2.24, 2.45) is 4.99 Å². The molecule has 1 aromatic carbocycles. The molecule has 0 aliphatic rings. The van der Waals surface area contributed by atoms with Gasteiger partial charge in [0.2, 0.25) is 0 Å². The van der Waals surface area contributed by atoms with Gasteiger partial charge >= 0.3 is 0 Å². The highest BCUT2D eigenvalue weighted by Gasteiger charge is 2.12. The summed E-state index contributed by atoms with van der Waals surface area (Å²) in [6, 6.07) is 10.5. The normalized spacial score (nSPS) is 11.7. The second-order valence-corrected chi connectivity index (χ2v) is 6.69. The molecule has 1 heterocycles. The molecular weight excluding hydrogens is 282 g/mol. The Morgan fingerprint density at radius 3 is 2.13 bits per heavy atom. The van der Waals surface area contributed by atoms with Crippen molar-refractivity contribution < 1.29 is 0 Å². The van der Waals surface area contributed by atoms with Crippen molar-refractivity contribution in [3.63, 3.8) is 0 Å². The number of hydrogen-bond donors (Lipinski definition) is 0. The average Bonchev–Trinajstić information content (AvgIpc) is 2.52. The van der Waals surface area contributed by atoms with Crippen LogP contribution in [0.2, 0.25) is 0 Å². The van der Waals surface area contributed by atoms with Crippen molar-refractivity contribution in [2.45, 2.75) is 39.5 Å². The van der Waals surface area contributed by atoms with Crippen molar-refractivity contribution in [3.05, 3.63) is 53.3 Å². The molecule has 23 heavy (non-hydrogen) atoms. The summed E-state index contributed by atoms with van der Waals surface area (Å²) in [7, 11) is 4.06. The van der Waals surface area contributed by atoms with Crippen LogP contribution >= 0.6 is 0 Å². The lowest BCUT2D eigenvalue weighted by molar-refractivity contribution is 0.835. The molecule has 3 heteroatoms. The minimum absolute atomic E-state index is 0.446. The first-order valence-corrected chi connectivity index (χ1v) is 8.20. The first-order chi connectivity index (χ1) is 10.9. The number of anilines is 1. The van der Waals surface area contributed by atoms with Crippen LogP contribution in [-0.4, -0.2) is 25.3 Å². The van der Waals surface area contributed by atoms with E-state index in [0.29, 0.717) is 11.8 Å². The highest BCUT2D eigenvalue weighted by Crippen LogP contribution is 2.34. The second-order valence-electron chi connectivity index (χ2n) is 6.69. The first kappa shape index (κ1) is 17.2. The quantitative estimate of drug-likeness (QED) is 0.715. The zero-order valence-corrected chi connectivity index (χ0v) is 15.0. The van der Waals surface area contributed by atoms with Crippen LogP contribution in [0.5, 0.6) is 0 Å². The van der Waals surface area contributed by atoms with E-state index in [1.54, 1.807) is 0 Å². The van der Waals surface area contributed by atoms with Crippen LogP contribution in [0, 0.1) is 0 Å². The van der Waals surface area contributed by atoms with E-state index in [4.69, 9.17) is 4.99 Å². The van der Waals surface area contributed by atoms with Gasteiger partial charge in [-0.3, -0.25) is 9.98 Å². The molecular formula is C20H27N3. The molecule has 0 unspecified atom stereocenters. The minimum atomic E-state index is 0.446. The van der Waals surface area contributed by atoms with Crippen molar-refractivity contribution in [3.8, 4) is 0 Å². The third-order valence-electron chi connectivity index (χ3n) is 3.95. The van der Waals surface area contributed by atoms with Crippen LogP contribution in [0.15, 0.2) is 41.5 Å². The Morgan fingerprint density at radius 2 is 1.61 bits per heavy atom. The summed E-state index contributed by atoms with van der Waals surface area (Å²) in [6.07, 6.45) is 3.70. The van der Waals surface area contributed by atoms with E-state index < -0.39 is 0 Å². The Kier molecular flexibility index (Phi) is 5.54. The fraction of sp³-hybridized carbons (Fsp3) is 0.400. The van der Waals surface area contributed by atoms with Gasteiger partial charge in [0.15, 0.2) is 0 Å². The second kappa shape index (κ2) is 7.40. The molecule has 0 spiro atoms. The molecule has 0 saturated carbocycles. The molecule has 0 radical (unpaired) electrons. The van der Waals surface area contributed by atoms with Crippen LogP contribution in [0.25, 0.3) is 0 Å². The third kappa shape index (κ3) is 4.19. The molecule has 3 nitrogen and oxygen atoms in total. The summed E-state index contributed by atoms with van der Waals surface area (Å²) >= 11 is 0. The Balaban J connectivity index is 2.44. The maximum Gasteiger partial charge on any atom is 0.0833 e. The van der Waals surface area contributed by atoms with Crippen LogP contribution in [-0.2, 0) is 0 Å². The summed E-state index contributed by atoms with van der Waals surface area (Å²) in [5.41, 5.74) is 5.68. The van der Waals surface area contributed by atoms with E-state index in [1.807, 2.05) is 32.6 Å². The van der Waals surface area contributed by atoms with Gasteiger partial charge in [-0.05, 0) is 35.1 Å². The van der Waals surface area contributed by atoms with Gasteiger partial charge in [-0.15, -0.1) is 0 Å². The van der Waals surface area contributed by atoms with Gasteiger partial charge in [-0.1, -0.05) is 45.9 Å². The Morgan fingerprint density at radius 1 is 1.00 bits per heavy atom. The fourth-order valence-corrected chi connectivity index (χ4v) is 2.58. The Bertz CT molecular complexity index is 659. The van der Waals surface area contributed by atoms with Gasteiger partial charge < -0.3 is 4.90 Å². The van der Waals surface area contributed by atoms with Crippen molar-refractivity contribution in [1.29, 1.82) is 0 Å². The van der Waals surface area contributed by atoms with Gasteiger partial charge in [-0.2, -0.15) is 0 Å². The molecule has 0 bridgehead atoms. The number of hydrogen-bond acceptors (Lipinski definition) is 3. The van der Waals surface area contributed by atoms with E-state index in [0.717, 1.165) is 17.1 Å². The number of aromatic nitrogens is 1. The molecule has 1 aromatic heterocycles. The summed E-state index contributed by atoms with van der Waals surface area (Å²) in [6.45, 7) is 8.85. The van der Waals surface area contributed by atoms with Crippen LogP contribution in [0.3, 0.4) is 0 Å². The van der Waals surface area contributed by atoms with E-state index >= 15 is 0 Å². The molecule has 0 aliphatic carbocycles. The molecule has 2 aromatic rings. The molecule has 0 amide bonds. The van der Waals surface area contributed by atoms with E-state index in [1.165, 1.54) is 11.1 Å². The fourth-order valence-electron chi connectivity index (χ4n) is 2.58. The third-order valence-corrected chi connectivity index (χ3v) is 3.95. The molecule has 0 saturated heterocycles. The molecule has 2 rings (SSSR count). The van der Waals surface area contributed by atoms with E-state index in [2.05, 4.69) is 61.8 Å². The van der Waals surface area contributed by atoms with Crippen molar-refractivity contribution in [1.82, 2.24) is 4.98 Å². The number of para-hydroxylation sites is 1. The van der Waals surface area contributed by atoms with Crippen molar-refractivity contribution >= 4 is 17.6 Å². The molecule has 0 aliphatic heterocycles. The molecule has 0 atom stereocenters. The largest absolute Gasteiger partial charge is 0.378 e. The summed E-state index contributed by atoms with van der Waals surface area (Å²) in [5.74, 6) is 0.892. The topological polar surface area (TPSA) is 28.5 Å². The molecule has 122 valence electrons. The minimum Gasteiger partial charge on any atom is -0.378 e. The van der Waals surface area contributed by atoms with Gasteiger partial charge in [0.1, 0.15) is 0 Å². The lowest BCUT2D eigenvalue weighted by atomic mass is 9.93. The average molecular weight is 309 g/mol. The van der Waals surface area contributed by atoms with E-state index in [-0.39, 0.29) is 0 Å². The lowest BCUT2D eigenvalue weighted by Crippen LogP contribution is -2.09. The Labute approximate surface area is 140 Å². The number of aliphatic imine (C=N–C) groups is 1. The highest BCUT2D eigenvalue weighted by molar-refractivity contribution is 5.82. The monoisotopic (exact) mass is 309 g/mol. The smallest absolute Gasteiger partial charge is 0.0833 e. The van der Waals surface area contributed by atoms with Crippen LogP contribution in [0.4, 0.5) is 11.4 Å². The maximum absolute atomic E-state index is 4.81. The van der Waals surface area contributed by atoms with Gasteiger partial charge in [-0.25, -0.2) is 0 Å². The van der Waals surface area contributed by atoms with Gasteiger partial charge in [0.25, 0.3) is 0 Å². The number of pyridine rings is 1. The van der Waals surface area contributed by atoms with Gasteiger partial charge in [0.05, 0.1) is 17.6 Å². The lowest BCUT2D eigenvalue weighted by Gasteiger charge is -2.16. The van der Waals surface area contributed by atoms with Gasteiger partial charge in [0, 0.05) is 26.0 Å². The van der Waals surface area contributed by atoms with E-state index in [9.17, 15) is 0 Å². The number of rotatable bonds is 5. The zero-order chi connectivity index (χ0) is 17.0. The van der Waals surface area contributed by atoms with Crippen LogP contribution < -0.4 is 4.90 Å². The number of benzene rings is 1. The maximum atomic E-state index is 4.81. The highest BCUT2D eigenvalue weighted by atomic mass is 15.1. The summed E-state index contributed by atoms with van der Waals surface area (Å²) in [5, 5.41) is 0.